The molecule has 2 aliphatic rings. The van der Waals surface area contributed by atoms with Crippen molar-refractivity contribution in [1.82, 2.24) is 19.8 Å². The van der Waals surface area contributed by atoms with Gasteiger partial charge in [-0.05, 0) is 36.4 Å². The first-order valence-corrected chi connectivity index (χ1v) is 12.4. The largest absolute Gasteiger partial charge is 0.368 e. The molecular weight excluding hydrogens is 455 g/mol. The van der Waals surface area contributed by atoms with Gasteiger partial charge in [0.25, 0.3) is 0 Å². The number of nitrogens with zero attached hydrogens (tertiary/aromatic N) is 6. The SMILES string of the molecule is O=C(CCC(=O)N1CCN(c2nc3cccnc3s2)CC1)N1CCN(c2ccc(F)cc2)CC1. The lowest BCUT2D eigenvalue weighted by atomic mass is 10.2. The van der Waals surface area contributed by atoms with Crippen LogP contribution in [0, 0.1) is 5.82 Å². The van der Waals surface area contributed by atoms with Crippen LogP contribution in [0.25, 0.3) is 10.3 Å². The van der Waals surface area contributed by atoms with Gasteiger partial charge in [0.2, 0.25) is 11.8 Å². The minimum atomic E-state index is -0.252. The van der Waals surface area contributed by atoms with E-state index < -0.39 is 0 Å². The molecule has 8 nitrogen and oxygen atoms in total. The smallest absolute Gasteiger partial charge is 0.223 e. The van der Waals surface area contributed by atoms with Crippen LogP contribution in [0.2, 0.25) is 0 Å². The third kappa shape index (κ3) is 4.96. The Hall–Kier alpha value is -3.27. The van der Waals surface area contributed by atoms with Gasteiger partial charge in [-0.25, -0.2) is 14.4 Å². The molecule has 2 aromatic heterocycles. The number of carbonyl (C=O) groups excluding carboxylic acids is 2. The predicted octanol–water partition coefficient (Wildman–Crippen LogP) is 2.61. The van der Waals surface area contributed by atoms with E-state index in [1.54, 1.807) is 29.7 Å². The Morgan fingerprint density at radius 3 is 2.00 bits per heavy atom. The van der Waals surface area contributed by atoms with Gasteiger partial charge in [0.05, 0.1) is 0 Å². The van der Waals surface area contributed by atoms with Crippen molar-refractivity contribution in [3.8, 4) is 0 Å². The van der Waals surface area contributed by atoms with Crippen molar-refractivity contribution in [3.05, 3.63) is 48.4 Å². The summed E-state index contributed by atoms with van der Waals surface area (Å²) in [5.74, 6) is -0.200. The van der Waals surface area contributed by atoms with Crippen molar-refractivity contribution < 1.29 is 14.0 Å². The topological polar surface area (TPSA) is 72.9 Å². The van der Waals surface area contributed by atoms with Gasteiger partial charge in [-0.2, -0.15) is 0 Å². The van der Waals surface area contributed by atoms with E-state index >= 15 is 0 Å². The first-order valence-electron chi connectivity index (χ1n) is 11.6. The van der Waals surface area contributed by atoms with E-state index in [9.17, 15) is 14.0 Å². The fraction of sp³-hybridized carbons (Fsp3) is 0.417. The Balaban J connectivity index is 1.05. The summed E-state index contributed by atoms with van der Waals surface area (Å²) in [5, 5.41) is 0.941. The van der Waals surface area contributed by atoms with Crippen molar-refractivity contribution in [1.29, 1.82) is 0 Å². The number of hydrogen-bond donors (Lipinski definition) is 0. The second kappa shape index (κ2) is 9.92. The summed E-state index contributed by atoms with van der Waals surface area (Å²) in [5.41, 5.74) is 1.86. The number of fused-ring (bicyclic) bond motifs is 1. The van der Waals surface area contributed by atoms with Crippen LogP contribution in [0.5, 0.6) is 0 Å². The zero-order valence-electron chi connectivity index (χ0n) is 18.9. The molecule has 1 aromatic carbocycles. The lowest BCUT2D eigenvalue weighted by Crippen LogP contribution is -2.50. The van der Waals surface area contributed by atoms with Gasteiger partial charge in [-0.15, -0.1) is 0 Å². The van der Waals surface area contributed by atoms with E-state index in [1.165, 1.54) is 12.1 Å². The molecule has 5 rings (SSSR count). The Kier molecular flexibility index (Phi) is 6.57. The van der Waals surface area contributed by atoms with Gasteiger partial charge >= 0.3 is 0 Å². The van der Waals surface area contributed by atoms with Gasteiger partial charge in [-0.3, -0.25) is 9.59 Å². The minimum Gasteiger partial charge on any atom is -0.368 e. The molecule has 0 saturated carbocycles. The molecule has 2 saturated heterocycles. The second-order valence-electron chi connectivity index (χ2n) is 8.54. The number of anilines is 2. The zero-order valence-corrected chi connectivity index (χ0v) is 19.7. The number of thiazole rings is 1. The van der Waals surface area contributed by atoms with E-state index in [1.807, 2.05) is 21.9 Å². The maximum absolute atomic E-state index is 13.1. The van der Waals surface area contributed by atoms with Crippen LogP contribution in [-0.2, 0) is 9.59 Å². The highest BCUT2D eigenvalue weighted by Crippen LogP contribution is 2.27. The number of benzene rings is 1. The lowest BCUT2D eigenvalue weighted by molar-refractivity contribution is -0.137. The summed E-state index contributed by atoms with van der Waals surface area (Å²) in [6.45, 7) is 5.35. The second-order valence-corrected chi connectivity index (χ2v) is 9.49. The van der Waals surface area contributed by atoms with Crippen molar-refractivity contribution in [2.75, 3.05) is 62.2 Å². The molecule has 0 unspecified atom stereocenters. The molecule has 2 aliphatic heterocycles. The molecule has 0 spiro atoms. The molecule has 0 radical (unpaired) electrons. The highest BCUT2D eigenvalue weighted by atomic mass is 32.1. The van der Waals surface area contributed by atoms with E-state index in [-0.39, 0.29) is 30.5 Å². The third-order valence-electron chi connectivity index (χ3n) is 6.43. The number of piperazine rings is 2. The normalized spacial score (nSPS) is 16.9. The van der Waals surface area contributed by atoms with Crippen LogP contribution < -0.4 is 9.80 Å². The Labute approximate surface area is 201 Å². The van der Waals surface area contributed by atoms with Crippen molar-refractivity contribution in [2.45, 2.75) is 12.8 Å². The first kappa shape index (κ1) is 22.5. The van der Waals surface area contributed by atoms with Crippen LogP contribution in [-0.4, -0.2) is 83.9 Å². The van der Waals surface area contributed by atoms with Crippen LogP contribution in [0.3, 0.4) is 0 Å². The fourth-order valence-electron chi connectivity index (χ4n) is 4.44. The van der Waals surface area contributed by atoms with Crippen molar-refractivity contribution in [3.63, 3.8) is 0 Å². The highest BCUT2D eigenvalue weighted by Gasteiger charge is 2.25. The lowest BCUT2D eigenvalue weighted by Gasteiger charge is -2.36. The van der Waals surface area contributed by atoms with Gasteiger partial charge in [0.1, 0.15) is 16.2 Å². The van der Waals surface area contributed by atoms with Crippen LogP contribution in [0.15, 0.2) is 42.6 Å². The van der Waals surface area contributed by atoms with E-state index in [0.29, 0.717) is 39.3 Å². The predicted molar refractivity (Wildman–Crippen MR) is 131 cm³/mol. The number of amides is 2. The van der Waals surface area contributed by atoms with E-state index in [4.69, 9.17) is 0 Å². The molecule has 4 heterocycles. The summed E-state index contributed by atoms with van der Waals surface area (Å²) in [6, 6.07) is 10.3. The van der Waals surface area contributed by atoms with E-state index in [2.05, 4.69) is 19.8 Å². The molecular formula is C24H27FN6O2S. The van der Waals surface area contributed by atoms with Crippen LogP contribution in [0.4, 0.5) is 15.2 Å². The van der Waals surface area contributed by atoms with Gasteiger partial charge < -0.3 is 19.6 Å². The molecule has 2 amide bonds. The monoisotopic (exact) mass is 482 g/mol. The number of pyridine rings is 1. The summed E-state index contributed by atoms with van der Waals surface area (Å²) >= 11 is 1.57. The van der Waals surface area contributed by atoms with Gasteiger partial charge in [0.15, 0.2) is 5.13 Å². The van der Waals surface area contributed by atoms with Crippen molar-refractivity contribution in [2.24, 2.45) is 0 Å². The maximum Gasteiger partial charge on any atom is 0.223 e. The molecule has 0 bridgehead atoms. The third-order valence-corrected chi connectivity index (χ3v) is 7.47. The average Bonchev–Trinajstić information content (AvgIpc) is 3.32. The Morgan fingerprint density at radius 2 is 1.41 bits per heavy atom. The number of halogens is 1. The molecule has 3 aromatic rings. The average molecular weight is 483 g/mol. The fourth-order valence-corrected chi connectivity index (χ4v) is 5.40. The summed E-state index contributed by atoms with van der Waals surface area (Å²) in [7, 11) is 0. The number of rotatable bonds is 5. The number of aromatic nitrogens is 2. The molecule has 0 atom stereocenters. The maximum atomic E-state index is 13.1. The Bertz CT molecular complexity index is 1120. The Morgan fingerprint density at radius 1 is 0.824 bits per heavy atom. The summed E-state index contributed by atoms with van der Waals surface area (Å²) in [4.78, 5) is 43.3. The van der Waals surface area contributed by atoms with Crippen molar-refractivity contribution >= 4 is 44.3 Å². The molecule has 2 fully saturated rings. The zero-order chi connectivity index (χ0) is 23.5. The van der Waals surface area contributed by atoms with E-state index in [0.717, 1.165) is 34.3 Å². The van der Waals surface area contributed by atoms with Gasteiger partial charge in [-0.1, -0.05) is 11.3 Å². The number of hydrogen-bond acceptors (Lipinski definition) is 7. The van der Waals surface area contributed by atoms with Gasteiger partial charge in [0, 0.05) is 77.1 Å². The molecule has 178 valence electrons. The summed E-state index contributed by atoms with van der Waals surface area (Å²) < 4.78 is 13.1. The molecule has 0 aliphatic carbocycles. The molecule has 34 heavy (non-hydrogen) atoms. The first-order chi connectivity index (χ1) is 16.6. The van der Waals surface area contributed by atoms with Crippen LogP contribution >= 0.6 is 11.3 Å². The quantitative estimate of drug-likeness (QED) is 0.557. The highest BCUT2D eigenvalue weighted by molar-refractivity contribution is 7.21. The van der Waals surface area contributed by atoms with Crippen LogP contribution in [0.1, 0.15) is 12.8 Å². The summed E-state index contributed by atoms with van der Waals surface area (Å²) in [6.07, 6.45) is 2.24. The molecule has 0 N–H and O–H groups in total. The number of carbonyl (C=O) groups is 2. The molecule has 10 heteroatoms. The minimum absolute atomic E-state index is 0.0210. The standard InChI is InChI=1S/C24H27FN6O2S/c25-18-3-5-19(6-4-18)28-10-12-29(13-11-28)21(32)7-8-22(33)30-14-16-31(17-15-30)24-27-20-2-1-9-26-23(20)34-24/h1-6,9H,7-8,10-17H2.